The summed E-state index contributed by atoms with van der Waals surface area (Å²) < 4.78 is 11.2. The van der Waals surface area contributed by atoms with E-state index in [9.17, 15) is 9.59 Å². The lowest BCUT2D eigenvalue weighted by Crippen LogP contribution is -2.44. The van der Waals surface area contributed by atoms with Crippen molar-refractivity contribution in [2.24, 2.45) is 5.92 Å². The number of methoxy groups -OCH3 is 1. The summed E-state index contributed by atoms with van der Waals surface area (Å²) in [6, 6.07) is 4.95. The van der Waals surface area contributed by atoms with Crippen molar-refractivity contribution in [1.82, 2.24) is 10.4 Å². The molecule has 7 heteroatoms. The van der Waals surface area contributed by atoms with Crippen LogP contribution in [0.1, 0.15) is 48.5 Å². The highest BCUT2D eigenvalue weighted by Crippen LogP contribution is 2.31. The van der Waals surface area contributed by atoms with Crippen molar-refractivity contribution in [2.75, 3.05) is 13.7 Å². The van der Waals surface area contributed by atoms with E-state index in [2.05, 4.69) is 0 Å². The molecule has 3 rings (SSSR count). The number of hydroxylamine groups is 1. The summed E-state index contributed by atoms with van der Waals surface area (Å²) in [5, 5.41) is 8.78. The number of nitrogens with one attached hydrogen (secondary N) is 1. The Kier molecular flexibility index (Phi) is 5.78. The van der Waals surface area contributed by atoms with E-state index in [4.69, 9.17) is 14.7 Å². The average molecular weight is 362 g/mol. The number of ether oxygens (including phenoxy) is 2. The molecule has 142 valence electrons. The van der Waals surface area contributed by atoms with Crippen LogP contribution in [-0.4, -0.2) is 47.8 Å². The van der Waals surface area contributed by atoms with E-state index < -0.39 is 5.91 Å². The number of amides is 2. The Morgan fingerprint density at radius 2 is 2.00 bits per heavy atom. The Hall–Kier alpha value is -2.12. The van der Waals surface area contributed by atoms with E-state index in [1.165, 1.54) is 0 Å². The van der Waals surface area contributed by atoms with Crippen molar-refractivity contribution in [1.29, 1.82) is 0 Å². The largest absolute Gasteiger partial charge is 0.491 e. The molecular weight excluding hydrogens is 336 g/mol. The van der Waals surface area contributed by atoms with Gasteiger partial charge in [-0.25, -0.2) is 5.48 Å². The standard InChI is InChI=1S/C19H26N2O5/c1-12-11-26-17-9-14(18(22)20-24)3-4-15(17)10-21(12)19(23)13-5-7-16(25-2)8-6-13/h3-4,9,12-13,16,24H,5-8,10-11H2,1-2H3,(H,20,22)/t12-,13?,16?/m0/s1. The molecule has 2 amide bonds. The van der Waals surface area contributed by atoms with E-state index in [1.807, 2.05) is 11.8 Å². The van der Waals surface area contributed by atoms with Crippen molar-refractivity contribution < 1.29 is 24.3 Å². The topological polar surface area (TPSA) is 88.1 Å². The number of benzene rings is 1. The molecule has 1 heterocycles. The molecule has 2 aliphatic rings. The molecular formula is C19H26N2O5. The molecule has 1 atom stereocenters. The second-order valence-electron chi connectivity index (χ2n) is 7.10. The third-order valence-corrected chi connectivity index (χ3v) is 5.42. The van der Waals surface area contributed by atoms with Crippen LogP contribution < -0.4 is 10.2 Å². The molecule has 0 saturated heterocycles. The van der Waals surface area contributed by atoms with Gasteiger partial charge in [-0.05, 0) is 44.7 Å². The minimum Gasteiger partial charge on any atom is -0.491 e. The summed E-state index contributed by atoms with van der Waals surface area (Å²) >= 11 is 0. The molecule has 0 radical (unpaired) electrons. The maximum Gasteiger partial charge on any atom is 0.274 e. The highest BCUT2D eigenvalue weighted by atomic mass is 16.5. The first-order chi connectivity index (χ1) is 12.5. The lowest BCUT2D eigenvalue weighted by atomic mass is 9.86. The summed E-state index contributed by atoms with van der Waals surface area (Å²) in [4.78, 5) is 26.5. The molecule has 2 N–H and O–H groups in total. The summed E-state index contributed by atoms with van der Waals surface area (Å²) in [5.74, 6) is 0.193. The van der Waals surface area contributed by atoms with Crippen molar-refractivity contribution >= 4 is 11.8 Å². The highest BCUT2D eigenvalue weighted by molar-refractivity contribution is 5.93. The summed E-state index contributed by atoms with van der Waals surface area (Å²) in [6.45, 7) is 2.81. The molecule has 0 spiro atoms. The first-order valence-corrected chi connectivity index (χ1v) is 9.07. The Morgan fingerprint density at radius 3 is 2.65 bits per heavy atom. The van der Waals surface area contributed by atoms with Gasteiger partial charge in [-0.3, -0.25) is 14.8 Å². The van der Waals surface area contributed by atoms with Gasteiger partial charge in [0.05, 0.1) is 12.1 Å². The first-order valence-electron chi connectivity index (χ1n) is 9.07. The number of nitrogens with zero attached hydrogens (tertiary/aromatic N) is 1. The van der Waals surface area contributed by atoms with Gasteiger partial charge in [-0.1, -0.05) is 6.07 Å². The normalized spacial score (nSPS) is 25.7. The number of carbonyl (C=O) groups excluding carboxylic acids is 2. The SMILES string of the molecule is COC1CCC(C(=O)N2Cc3ccc(C(=O)NO)cc3OC[C@@H]2C)CC1. The molecule has 0 bridgehead atoms. The van der Waals surface area contributed by atoms with Crippen LogP contribution in [0.2, 0.25) is 0 Å². The zero-order valence-corrected chi connectivity index (χ0v) is 15.2. The quantitative estimate of drug-likeness (QED) is 0.635. The molecule has 1 fully saturated rings. The Bertz CT molecular complexity index is 670. The van der Waals surface area contributed by atoms with Crippen molar-refractivity contribution in [3.8, 4) is 5.75 Å². The monoisotopic (exact) mass is 362 g/mol. The molecule has 1 aliphatic heterocycles. The lowest BCUT2D eigenvalue weighted by Gasteiger charge is -2.33. The first kappa shape index (κ1) is 18.7. The summed E-state index contributed by atoms with van der Waals surface area (Å²) in [7, 11) is 1.73. The van der Waals surface area contributed by atoms with Crippen LogP contribution in [0.25, 0.3) is 0 Å². The molecule has 1 aromatic carbocycles. The maximum absolute atomic E-state index is 13.1. The van der Waals surface area contributed by atoms with E-state index in [0.29, 0.717) is 24.5 Å². The predicted molar refractivity (Wildman–Crippen MR) is 94.0 cm³/mol. The van der Waals surface area contributed by atoms with Gasteiger partial charge in [0.1, 0.15) is 12.4 Å². The number of rotatable bonds is 3. The Morgan fingerprint density at radius 1 is 1.27 bits per heavy atom. The third-order valence-electron chi connectivity index (χ3n) is 5.42. The van der Waals surface area contributed by atoms with Gasteiger partial charge >= 0.3 is 0 Å². The van der Waals surface area contributed by atoms with Gasteiger partial charge in [-0.2, -0.15) is 0 Å². The molecule has 0 aromatic heterocycles. The van der Waals surface area contributed by atoms with Crippen LogP contribution in [0.4, 0.5) is 0 Å². The van der Waals surface area contributed by atoms with Gasteiger partial charge in [0, 0.05) is 30.7 Å². The Balaban J connectivity index is 1.75. The summed E-state index contributed by atoms with van der Waals surface area (Å²) in [6.07, 6.45) is 3.80. The third kappa shape index (κ3) is 3.83. The fraction of sp³-hybridized carbons (Fsp3) is 0.579. The van der Waals surface area contributed by atoms with Crippen LogP contribution in [0.5, 0.6) is 5.75 Å². The molecule has 0 unspecified atom stereocenters. The second kappa shape index (κ2) is 8.05. The van der Waals surface area contributed by atoms with Gasteiger partial charge in [-0.15, -0.1) is 0 Å². The molecule has 7 nitrogen and oxygen atoms in total. The Labute approximate surface area is 153 Å². The number of carbonyl (C=O) groups is 2. The van der Waals surface area contributed by atoms with Crippen molar-refractivity contribution in [3.63, 3.8) is 0 Å². The van der Waals surface area contributed by atoms with E-state index >= 15 is 0 Å². The van der Waals surface area contributed by atoms with Gasteiger partial charge in [0.2, 0.25) is 5.91 Å². The van der Waals surface area contributed by atoms with E-state index in [-0.39, 0.29) is 24.0 Å². The van der Waals surface area contributed by atoms with Gasteiger partial charge < -0.3 is 14.4 Å². The molecule has 1 saturated carbocycles. The zero-order chi connectivity index (χ0) is 18.7. The van der Waals surface area contributed by atoms with Crippen LogP contribution >= 0.6 is 0 Å². The number of hydrogen-bond donors (Lipinski definition) is 2. The maximum atomic E-state index is 13.1. The molecule has 26 heavy (non-hydrogen) atoms. The van der Waals surface area contributed by atoms with Crippen molar-refractivity contribution in [3.05, 3.63) is 29.3 Å². The van der Waals surface area contributed by atoms with Crippen LogP contribution in [0.15, 0.2) is 18.2 Å². The minimum absolute atomic E-state index is 0.0323. The number of fused-ring (bicyclic) bond motifs is 1. The number of hydrogen-bond acceptors (Lipinski definition) is 5. The van der Waals surface area contributed by atoms with Crippen LogP contribution in [0.3, 0.4) is 0 Å². The fourth-order valence-electron chi connectivity index (χ4n) is 3.74. The highest BCUT2D eigenvalue weighted by Gasteiger charge is 2.33. The average Bonchev–Trinajstić information content (AvgIpc) is 2.85. The smallest absolute Gasteiger partial charge is 0.274 e. The van der Waals surface area contributed by atoms with E-state index in [1.54, 1.807) is 30.8 Å². The zero-order valence-electron chi connectivity index (χ0n) is 15.2. The molecule has 1 aliphatic carbocycles. The second-order valence-corrected chi connectivity index (χ2v) is 7.10. The lowest BCUT2D eigenvalue weighted by molar-refractivity contribution is -0.140. The van der Waals surface area contributed by atoms with Gasteiger partial charge in [0.15, 0.2) is 0 Å². The van der Waals surface area contributed by atoms with Crippen molar-refractivity contribution in [2.45, 2.75) is 51.3 Å². The summed E-state index contributed by atoms with van der Waals surface area (Å²) in [5.41, 5.74) is 2.80. The van der Waals surface area contributed by atoms with E-state index in [0.717, 1.165) is 31.2 Å². The van der Waals surface area contributed by atoms with Gasteiger partial charge in [0.25, 0.3) is 5.91 Å². The molecule has 1 aromatic rings. The van der Waals surface area contributed by atoms with Crippen LogP contribution in [-0.2, 0) is 16.1 Å². The fourth-order valence-corrected chi connectivity index (χ4v) is 3.74. The predicted octanol–water partition coefficient (Wildman–Crippen LogP) is 2.12. The minimum atomic E-state index is -0.587. The van der Waals surface area contributed by atoms with Crippen LogP contribution in [0, 0.1) is 5.92 Å².